The monoisotopic (exact) mass is 440 g/mol. The number of ketones is 1. The molecule has 0 atom stereocenters. The van der Waals surface area contributed by atoms with Gasteiger partial charge >= 0.3 is 0 Å². The van der Waals surface area contributed by atoms with Gasteiger partial charge in [0.05, 0.1) is 16.8 Å². The van der Waals surface area contributed by atoms with Gasteiger partial charge in [0.1, 0.15) is 5.82 Å². The second-order valence-electron chi connectivity index (χ2n) is 8.85. The van der Waals surface area contributed by atoms with Gasteiger partial charge in [-0.3, -0.25) is 14.4 Å². The van der Waals surface area contributed by atoms with E-state index in [2.05, 4.69) is 17.2 Å². The SMILES string of the molecule is C=C(C)N1CC(C)(NC(=O)C(=O)c2c(C)c(C(=O)Nc3ccc(F)c(C)c3)c(C)n2C)C1. The molecule has 3 rings (SSSR count). The zero-order valence-electron chi connectivity index (χ0n) is 19.4. The summed E-state index contributed by atoms with van der Waals surface area (Å²) in [5.41, 5.74) is 2.70. The number of carbonyl (C=O) groups is 3. The van der Waals surface area contributed by atoms with Crippen LogP contribution in [0.2, 0.25) is 0 Å². The Kier molecular flexibility index (Phi) is 6.00. The van der Waals surface area contributed by atoms with Crippen LogP contribution in [0.15, 0.2) is 30.5 Å². The number of likely N-dealkylation sites (tertiary alicyclic amines) is 1. The lowest BCUT2D eigenvalue weighted by molar-refractivity contribution is -0.120. The summed E-state index contributed by atoms with van der Waals surface area (Å²) in [6.07, 6.45) is 0. The minimum Gasteiger partial charge on any atom is -0.371 e. The quantitative estimate of drug-likeness (QED) is 0.534. The summed E-state index contributed by atoms with van der Waals surface area (Å²) < 4.78 is 15.1. The fourth-order valence-electron chi connectivity index (χ4n) is 4.13. The van der Waals surface area contributed by atoms with Crippen molar-refractivity contribution in [3.63, 3.8) is 0 Å². The first-order valence-electron chi connectivity index (χ1n) is 10.4. The molecule has 1 fully saturated rings. The van der Waals surface area contributed by atoms with E-state index >= 15 is 0 Å². The number of benzene rings is 1. The van der Waals surface area contributed by atoms with Gasteiger partial charge in [0.25, 0.3) is 17.6 Å². The molecule has 0 unspecified atom stereocenters. The Balaban J connectivity index is 1.81. The summed E-state index contributed by atoms with van der Waals surface area (Å²) in [7, 11) is 1.65. The molecule has 1 saturated heterocycles. The number of allylic oxidation sites excluding steroid dienone is 1. The summed E-state index contributed by atoms with van der Waals surface area (Å²) in [6, 6.07) is 4.29. The van der Waals surface area contributed by atoms with Crippen molar-refractivity contribution in [3.05, 3.63) is 64.4 Å². The zero-order valence-corrected chi connectivity index (χ0v) is 19.4. The molecular weight excluding hydrogens is 411 g/mol. The molecule has 1 aliphatic rings. The van der Waals surface area contributed by atoms with Gasteiger partial charge in [0.15, 0.2) is 0 Å². The molecule has 2 N–H and O–H groups in total. The Morgan fingerprint density at radius 1 is 1.16 bits per heavy atom. The van der Waals surface area contributed by atoms with Crippen molar-refractivity contribution >= 4 is 23.3 Å². The van der Waals surface area contributed by atoms with Crippen molar-refractivity contribution in [2.45, 2.75) is 40.2 Å². The average molecular weight is 441 g/mol. The van der Waals surface area contributed by atoms with E-state index in [1.165, 1.54) is 18.2 Å². The fraction of sp³-hybridized carbons (Fsp3) is 0.375. The van der Waals surface area contributed by atoms with Crippen molar-refractivity contribution in [2.24, 2.45) is 7.05 Å². The van der Waals surface area contributed by atoms with Gasteiger partial charge in [-0.25, -0.2) is 4.39 Å². The molecular formula is C24H29FN4O3. The number of aromatic nitrogens is 1. The molecule has 1 aromatic carbocycles. The van der Waals surface area contributed by atoms with Crippen molar-refractivity contribution in [1.29, 1.82) is 0 Å². The second-order valence-corrected chi connectivity index (χ2v) is 8.85. The van der Waals surface area contributed by atoms with Gasteiger partial charge in [-0.15, -0.1) is 0 Å². The minimum absolute atomic E-state index is 0.167. The Labute approximate surface area is 187 Å². The molecule has 0 aliphatic carbocycles. The van der Waals surface area contributed by atoms with Crippen molar-refractivity contribution < 1.29 is 18.8 Å². The number of rotatable bonds is 6. The van der Waals surface area contributed by atoms with Gasteiger partial charge in [0.2, 0.25) is 0 Å². The number of Topliss-reactive ketones (excluding diaryl/α,β-unsaturated/α-hetero) is 1. The normalized spacial score (nSPS) is 14.5. The van der Waals surface area contributed by atoms with Gasteiger partial charge in [-0.1, -0.05) is 6.58 Å². The number of nitrogens with one attached hydrogen (secondary N) is 2. The Hall–Kier alpha value is -3.42. The fourth-order valence-corrected chi connectivity index (χ4v) is 4.13. The highest BCUT2D eigenvalue weighted by atomic mass is 19.1. The molecule has 0 spiro atoms. The van der Waals surface area contributed by atoms with E-state index < -0.39 is 23.1 Å². The molecule has 170 valence electrons. The predicted octanol–water partition coefficient (Wildman–Crippen LogP) is 3.25. The predicted molar refractivity (Wildman–Crippen MR) is 121 cm³/mol. The second kappa shape index (κ2) is 8.26. The Bertz CT molecular complexity index is 1140. The molecule has 2 aromatic rings. The minimum atomic E-state index is -0.710. The zero-order chi connectivity index (χ0) is 24.0. The van der Waals surface area contributed by atoms with E-state index in [9.17, 15) is 18.8 Å². The summed E-state index contributed by atoms with van der Waals surface area (Å²) in [4.78, 5) is 40.7. The van der Waals surface area contributed by atoms with Crippen molar-refractivity contribution in [2.75, 3.05) is 18.4 Å². The Morgan fingerprint density at radius 2 is 1.78 bits per heavy atom. The molecule has 7 nitrogen and oxygen atoms in total. The van der Waals surface area contributed by atoms with Crippen LogP contribution < -0.4 is 10.6 Å². The van der Waals surface area contributed by atoms with Gasteiger partial charge in [-0.05, 0) is 63.9 Å². The van der Waals surface area contributed by atoms with Crippen molar-refractivity contribution in [1.82, 2.24) is 14.8 Å². The van der Waals surface area contributed by atoms with E-state index in [0.717, 1.165) is 5.70 Å². The smallest absolute Gasteiger partial charge is 0.294 e. The number of nitrogens with zero attached hydrogens (tertiary/aromatic N) is 2. The highest BCUT2D eigenvalue weighted by Crippen LogP contribution is 2.26. The van der Waals surface area contributed by atoms with Crippen LogP contribution in [0, 0.1) is 26.6 Å². The van der Waals surface area contributed by atoms with E-state index in [0.29, 0.717) is 41.2 Å². The Morgan fingerprint density at radius 3 is 2.34 bits per heavy atom. The van der Waals surface area contributed by atoms with Crippen LogP contribution in [0.1, 0.15) is 51.5 Å². The van der Waals surface area contributed by atoms with Gasteiger partial charge < -0.3 is 20.1 Å². The van der Waals surface area contributed by atoms with E-state index in [4.69, 9.17) is 0 Å². The molecule has 1 aromatic heterocycles. The molecule has 0 saturated carbocycles. The van der Waals surface area contributed by atoms with Gasteiger partial charge in [0, 0.05) is 37.2 Å². The maximum absolute atomic E-state index is 13.5. The van der Waals surface area contributed by atoms with Crippen LogP contribution in [0.25, 0.3) is 0 Å². The van der Waals surface area contributed by atoms with Crippen LogP contribution in [-0.4, -0.2) is 45.7 Å². The largest absolute Gasteiger partial charge is 0.371 e. The first kappa shape index (κ1) is 23.2. The lowest BCUT2D eigenvalue weighted by Gasteiger charge is -2.49. The van der Waals surface area contributed by atoms with Crippen LogP contribution in [0.4, 0.5) is 10.1 Å². The number of halogens is 1. The van der Waals surface area contributed by atoms with Crippen LogP contribution in [0.5, 0.6) is 0 Å². The third-order valence-corrected chi connectivity index (χ3v) is 6.03. The lowest BCUT2D eigenvalue weighted by atomic mass is 9.91. The van der Waals surface area contributed by atoms with Crippen molar-refractivity contribution in [3.8, 4) is 0 Å². The molecule has 0 radical (unpaired) electrons. The number of hydrogen-bond acceptors (Lipinski definition) is 4. The first-order valence-corrected chi connectivity index (χ1v) is 10.4. The number of hydrogen-bond donors (Lipinski definition) is 2. The highest BCUT2D eigenvalue weighted by molar-refractivity contribution is 6.43. The summed E-state index contributed by atoms with van der Waals surface area (Å²) in [5, 5.41) is 5.56. The average Bonchev–Trinajstić information content (AvgIpc) is 2.90. The summed E-state index contributed by atoms with van der Waals surface area (Å²) in [5.74, 6) is -2.19. The number of carbonyl (C=O) groups excluding carboxylic acids is 3. The first-order chi connectivity index (χ1) is 14.8. The standard InChI is InChI=1S/C24H29FN4O3/c1-13(2)29-11-24(6,12-29)27-23(32)21(30)20-15(4)19(16(5)28(20)7)22(31)26-17-8-9-18(25)14(3)10-17/h8-10H,1,11-12H2,2-7H3,(H,26,31)(H,27,32). The van der Waals surface area contributed by atoms with E-state index in [1.807, 2.05) is 18.7 Å². The van der Waals surface area contributed by atoms with E-state index in [-0.39, 0.29) is 11.5 Å². The van der Waals surface area contributed by atoms with Crippen LogP contribution in [-0.2, 0) is 11.8 Å². The molecule has 32 heavy (non-hydrogen) atoms. The molecule has 1 aliphatic heterocycles. The summed E-state index contributed by atoms with van der Waals surface area (Å²) >= 11 is 0. The lowest BCUT2D eigenvalue weighted by Crippen LogP contribution is -2.68. The number of anilines is 1. The third-order valence-electron chi connectivity index (χ3n) is 6.03. The maximum Gasteiger partial charge on any atom is 0.294 e. The topological polar surface area (TPSA) is 83.4 Å². The molecule has 2 amide bonds. The van der Waals surface area contributed by atoms with Gasteiger partial charge in [-0.2, -0.15) is 0 Å². The molecule has 2 heterocycles. The van der Waals surface area contributed by atoms with E-state index in [1.54, 1.807) is 32.4 Å². The third kappa shape index (κ3) is 4.17. The van der Waals surface area contributed by atoms with Crippen LogP contribution in [0.3, 0.4) is 0 Å². The maximum atomic E-state index is 13.5. The molecule has 0 bridgehead atoms. The summed E-state index contributed by atoms with van der Waals surface area (Å²) in [6.45, 7) is 13.8. The molecule has 8 heteroatoms. The highest BCUT2D eigenvalue weighted by Gasteiger charge is 2.41. The number of aryl methyl sites for hydroxylation is 1. The van der Waals surface area contributed by atoms with Crippen LogP contribution >= 0.6 is 0 Å². The number of amides is 2.